The van der Waals surface area contributed by atoms with Gasteiger partial charge in [-0.3, -0.25) is 14.8 Å². The molecule has 1 saturated heterocycles. The van der Waals surface area contributed by atoms with Crippen molar-refractivity contribution in [3.63, 3.8) is 0 Å². The van der Waals surface area contributed by atoms with Crippen LogP contribution in [0.2, 0.25) is 0 Å². The molecule has 1 unspecified atom stereocenters. The van der Waals surface area contributed by atoms with E-state index in [0.29, 0.717) is 12.1 Å². The Labute approximate surface area is 212 Å². The number of fused-ring (bicyclic) bond motifs is 2. The number of nitrogens with zero attached hydrogens (tertiary/aromatic N) is 4. The maximum Gasteiger partial charge on any atom is 0.121 e. The molecule has 0 bridgehead atoms. The van der Waals surface area contributed by atoms with Gasteiger partial charge in [-0.25, -0.2) is 4.98 Å². The fourth-order valence-corrected chi connectivity index (χ4v) is 6.35. The molecule has 3 aliphatic rings. The molecule has 2 fully saturated rings. The molecule has 1 saturated carbocycles. The van der Waals surface area contributed by atoms with Gasteiger partial charge in [-0.1, -0.05) is 18.2 Å². The Hall–Kier alpha value is -1.80. The van der Waals surface area contributed by atoms with Crippen LogP contribution in [0.25, 0.3) is 11.0 Å². The first-order chi connectivity index (χ1) is 16.3. The number of ether oxygens (including phenoxy) is 1. The maximum atomic E-state index is 5.59. The van der Waals surface area contributed by atoms with Crippen LogP contribution >= 0.6 is 17.0 Å². The number of nitrogens with one attached hydrogen (secondary N) is 1. The van der Waals surface area contributed by atoms with Gasteiger partial charge >= 0.3 is 0 Å². The summed E-state index contributed by atoms with van der Waals surface area (Å²) < 4.78 is 5.59. The summed E-state index contributed by atoms with van der Waals surface area (Å²) in [5.74, 6) is 1.08. The maximum absolute atomic E-state index is 5.59. The second-order valence-corrected chi connectivity index (χ2v) is 9.94. The van der Waals surface area contributed by atoms with Crippen LogP contribution in [0, 0.1) is 0 Å². The molecule has 1 aliphatic heterocycles. The molecule has 1 atom stereocenters. The average molecular weight is 527 g/mol. The first-order valence-corrected chi connectivity index (χ1v) is 12.8. The summed E-state index contributed by atoms with van der Waals surface area (Å²) in [6.07, 6.45) is 10.6. The third-order valence-corrected chi connectivity index (χ3v) is 8.03. The van der Waals surface area contributed by atoms with E-state index in [-0.39, 0.29) is 17.0 Å². The molecule has 0 spiro atoms. The Morgan fingerprint density at radius 1 is 1.00 bits per heavy atom. The van der Waals surface area contributed by atoms with Crippen LogP contribution in [0.5, 0.6) is 0 Å². The predicted octanol–water partition coefficient (Wildman–Crippen LogP) is 5.06. The molecule has 1 aromatic carbocycles. The number of para-hydroxylation sites is 2. The second-order valence-electron chi connectivity index (χ2n) is 9.94. The lowest BCUT2D eigenvalue weighted by Crippen LogP contribution is -2.48. The number of aromatic amines is 1. The van der Waals surface area contributed by atoms with Gasteiger partial charge in [0.25, 0.3) is 0 Å². The zero-order valence-electron chi connectivity index (χ0n) is 19.9. The van der Waals surface area contributed by atoms with E-state index in [0.717, 1.165) is 62.2 Å². The number of benzene rings is 1. The molecule has 2 aromatic heterocycles. The van der Waals surface area contributed by atoms with E-state index in [1.807, 2.05) is 6.20 Å². The SMILES string of the molecule is Br.c1cnc2c(c1)CCCC2N(Cc1nc2ccccc2[nH]1)C1CCC(N2CCOCC2)CC1. The Balaban J connectivity index is 0.00000241. The van der Waals surface area contributed by atoms with Gasteiger partial charge in [0, 0.05) is 31.4 Å². The van der Waals surface area contributed by atoms with Crippen molar-refractivity contribution in [3.05, 3.63) is 59.7 Å². The fourth-order valence-electron chi connectivity index (χ4n) is 6.35. The molecule has 3 heterocycles. The van der Waals surface area contributed by atoms with Crippen LogP contribution < -0.4 is 0 Å². The summed E-state index contributed by atoms with van der Waals surface area (Å²) in [5, 5.41) is 0. The van der Waals surface area contributed by atoms with E-state index in [1.54, 1.807) is 0 Å². The predicted molar refractivity (Wildman–Crippen MR) is 140 cm³/mol. The van der Waals surface area contributed by atoms with E-state index in [2.05, 4.69) is 51.2 Å². The minimum absolute atomic E-state index is 0. The van der Waals surface area contributed by atoms with Crippen molar-refractivity contribution in [1.82, 2.24) is 24.8 Å². The average Bonchev–Trinajstić information content (AvgIpc) is 3.30. The number of halogens is 1. The number of H-pyrrole nitrogens is 1. The molecule has 0 radical (unpaired) electrons. The number of aromatic nitrogens is 3. The van der Waals surface area contributed by atoms with Crippen molar-refractivity contribution < 1.29 is 4.74 Å². The first kappa shape index (κ1) is 23.9. The molecule has 6 nitrogen and oxygen atoms in total. The lowest BCUT2D eigenvalue weighted by atomic mass is 9.85. The van der Waals surface area contributed by atoms with Gasteiger partial charge in [-0.2, -0.15) is 0 Å². The lowest BCUT2D eigenvalue weighted by Gasteiger charge is -2.45. The van der Waals surface area contributed by atoms with E-state index < -0.39 is 0 Å². The highest BCUT2D eigenvalue weighted by atomic mass is 79.9. The highest BCUT2D eigenvalue weighted by Crippen LogP contribution is 2.38. The van der Waals surface area contributed by atoms with Gasteiger partial charge in [-0.05, 0) is 68.7 Å². The molecule has 3 aromatic rings. The van der Waals surface area contributed by atoms with Crippen LogP contribution in [-0.2, 0) is 17.7 Å². The molecule has 182 valence electrons. The summed E-state index contributed by atoms with van der Waals surface area (Å²) in [7, 11) is 0. The first-order valence-electron chi connectivity index (χ1n) is 12.8. The Morgan fingerprint density at radius 3 is 2.65 bits per heavy atom. The number of pyridine rings is 1. The highest BCUT2D eigenvalue weighted by Gasteiger charge is 2.36. The number of hydrogen-bond acceptors (Lipinski definition) is 5. The van der Waals surface area contributed by atoms with Crippen molar-refractivity contribution in [2.45, 2.75) is 69.6 Å². The summed E-state index contributed by atoms with van der Waals surface area (Å²) >= 11 is 0. The van der Waals surface area contributed by atoms with E-state index >= 15 is 0 Å². The minimum atomic E-state index is 0. The number of imidazole rings is 1. The molecule has 1 N–H and O–H groups in total. The summed E-state index contributed by atoms with van der Waals surface area (Å²) in [6, 6.07) is 14.4. The Kier molecular flexibility index (Phi) is 7.64. The Bertz CT molecular complexity index is 1040. The number of hydrogen-bond donors (Lipinski definition) is 1. The number of morpholine rings is 1. The molecule has 0 amide bonds. The normalized spacial score (nSPS) is 25.7. The largest absolute Gasteiger partial charge is 0.379 e. The van der Waals surface area contributed by atoms with Gasteiger partial charge in [-0.15, -0.1) is 17.0 Å². The van der Waals surface area contributed by atoms with Gasteiger partial charge < -0.3 is 9.72 Å². The molecule has 7 heteroatoms. The lowest BCUT2D eigenvalue weighted by molar-refractivity contribution is -0.00510. The molecule has 2 aliphatic carbocycles. The monoisotopic (exact) mass is 525 g/mol. The van der Waals surface area contributed by atoms with Gasteiger partial charge in [0.05, 0.1) is 42.5 Å². The van der Waals surface area contributed by atoms with Gasteiger partial charge in [0.15, 0.2) is 0 Å². The molecular formula is C27H36BrN5O. The highest BCUT2D eigenvalue weighted by molar-refractivity contribution is 8.93. The fraction of sp³-hybridized carbons (Fsp3) is 0.556. The summed E-state index contributed by atoms with van der Waals surface area (Å²) in [4.78, 5) is 18.9. The number of aryl methyl sites for hydroxylation is 1. The van der Waals surface area contributed by atoms with E-state index in [9.17, 15) is 0 Å². The van der Waals surface area contributed by atoms with Crippen LogP contribution in [0.3, 0.4) is 0 Å². The topological polar surface area (TPSA) is 57.3 Å². The molecular weight excluding hydrogens is 490 g/mol. The molecule has 6 rings (SSSR count). The third-order valence-electron chi connectivity index (χ3n) is 8.03. The third kappa shape index (κ3) is 4.94. The quantitative estimate of drug-likeness (QED) is 0.504. The van der Waals surface area contributed by atoms with Crippen LogP contribution in [0.15, 0.2) is 42.6 Å². The van der Waals surface area contributed by atoms with Crippen molar-refractivity contribution in [2.24, 2.45) is 0 Å². The summed E-state index contributed by atoms with van der Waals surface area (Å²) in [5.41, 5.74) is 4.93. The van der Waals surface area contributed by atoms with Gasteiger partial charge in [0.1, 0.15) is 5.82 Å². The zero-order valence-corrected chi connectivity index (χ0v) is 21.6. The standard InChI is InChI=1S/C27H35N5O.BrH/c1-2-8-24-23(7-1)29-26(30-24)19-32(25-9-3-5-20-6-4-14-28-27(20)25)22-12-10-21(11-13-22)31-15-17-33-18-16-31;/h1-2,4,6-8,14,21-22,25H,3,5,9-13,15-19H2,(H,29,30);1H. The van der Waals surface area contributed by atoms with E-state index in [1.165, 1.54) is 49.8 Å². The van der Waals surface area contributed by atoms with Crippen molar-refractivity contribution in [1.29, 1.82) is 0 Å². The number of rotatable bonds is 5. The van der Waals surface area contributed by atoms with Crippen LogP contribution in [0.4, 0.5) is 0 Å². The van der Waals surface area contributed by atoms with Crippen molar-refractivity contribution in [2.75, 3.05) is 26.3 Å². The molecule has 34 heavy (non-hydrogen) atoms. The smallest absolute Gasteiger partial charge is 0.121 e. The van der Waals surface area contributed by atoms with E-state index in [4.69, 9.17) is 14.7 Å². The van der Waals surface area contributed by atoms with Crippen LogP contribution in [0.1, 0.15) is 61.6 Å². The van der Waals surface area contributed by atoms with Crippen LogP contribution in [-0.4, -0.2) is 63.1 Å². The zero-order chi connectivity index (χ0) is 22.0. The van der Waals surface area contributed by atoms with Gasteiger partial charge in [0.2, 0.25) is 0 Å². The second kappa shape index (κ2) is 10.9. The Morgan fingerprint density at radius 2 is 1.82 bits per heavy atom. The minimum Gasteiger partial charge on any atom is -0.379 e. The summed E-state index contributed by atoms with van der Waals surface area (Å²) in [6.45, 7) is 4.84. The van der Waals surface area contributed by atoms with Crippen molar-refractivity contribution >= 4 is 28.0 Å². The van der Waals surface area contributed by atoms with Crippen molar-refractivity contribution in [3.8, 4) is 0 Å².